The van der Waals surface area contributed by atoms with E-state index in [1.54, 1.807) is 0 Å². The summed E-state index contributed by atoms with van der Waals surface area (Å²) in [6, 6.07) is 0. The van der Waals surface area contributed by atoms with Crippen LogP contribution < -0.4 is 5.32 Å². The Kier molecular flexibility index (Phi) is 5.10. The standard InChI is InChI=1S/C15H21F3N2O4/c1-9-2-4-14(5-3-9,13(23)24)19-12(22)10-6-11(21)20(7-10)8-15(16,17)18/h9-10H,2-8H2,1H3,(H,19,22)(H,23,24). The van der Waals surface area contributed by atoms with E-state index in [4.69, 9.17) is 0 Å². The molecule has 9 heteroatoms. The predicted octanol–water partition coefficient (Wildman–Crippen LogP) is 1.55. The van der Waals surface area contributed by atoms with Crippen LogP contribution in [0.4, 0.5) is 13.2 Å². The Labute approximate surface area is 137 Å². The minimum absolute atomic E-state index is 0.280. The van der Waals surface area contributed by atoms with Crippen molar-refractivity contribution in [2.45, 2.75) is 50.7 Å². The highest BCUT2D eigenvalue weighted by Gasteiger charge is 2.46. The largest absolute Gasteiger partial charge is 0.480 e. The second kappa shape index (κ2) is 6.60. The van der Waals surface area contributed by atoms with E-state index in [1.165, 1.54) is 0 Å². The Bertz CT molecular complexity index is 527. The normalized spacial score (nSPS) is 31.2. The molecular weight excluding hydrogens is 329 g/mol. The summed E-state index contributed by atoms with van der Waals surface area (Å²) < 4.78 is 37.2. The second-order valence-corrected chi connectivity index (χ2v) is 6.85. The number of alkyl halides is 3. The first kappa shape index (κ1) is 18.5. The van der Waals surface area contributed by atoms with E-state index in [0.717, 1.165) is 0 Å². The molecule has 2 amide bonds. The fourth-order valence-electron chi connectivity index (χ4n) is 3.30. The number of amides is 2. The molecule has 1 aliphatic carbocycles. The molecule has 0 aromatic carbocycles. The molecule has 2 rings (SSSR count). The summed E-state index contributed by atoms with van der Waals surface area (Å²) in [6.45, 7) is 0.270. The number of carboxylic acid groups (broad SMARTS) is 1. The molecule has 1 saturated carbocycles. The smallest absolute Gasteiger partial charge is 0.406 e. The van der Waals surface area contributed by atoms with Gasteiger partial charge in [-0.05, 0) is 31.6 Å². The van der Waals surface area contributed by atoms with Gasteiger partial charge in [0.2, 0.25) is 11.8 Å². The highest BCUT2D eigenvalue weighted by Crippen LogP contribution is 2.33. The van der Waals surface area contributed by atoms with Gasteiger partial charge in [0.25, 0.3) is 0 Å². The number of carbonyl (C=O) groups is 3. The van der Waals surface area contributed by atoms with Crippen LogP contribution in [-0.2, 0) is 14.4 Å². The van der Waals surface area contributed by atoms with Crippen molar-refractivity contribution in [1.82, 2.24) is 10.2 Å². The van der Waals surface area contributed by atoms with Crippen LogP contribution in [0.3, 0.4) is 0 Å². The van der Waals surface area contributed by atoms with Crippen LogP contribution >= 0.6 is 0 Å². The van der Waals surface area contributed by atoms with Gasteiger partial charge in [-0.3, -0.25) is 9.59 Å². The number of nitrogens with one attached hydrogen (secondary N) is 1. The zero-order chi connectivity index (χ0) is 18.1. The van der Waals surface area contributed by atoms with Crippen LogP contribution in [0.15, 0.2) is 0 Å². The quantitative estimate of drug-likeness (QED) is 0.805. The average Bonchev–Trinajstić information content (AvgIpc) is 2.81. The third-order valence-electron chi connectivity index (χ3n) is 4.86. The number of carbonyl (C=O) groups excluding carboxylic acids is 2. The van der Waals surface area contributed by atoms with Gasteiger partial charge in [-0.2, -0.15) is 13.2 Å². The molecular formula is C15H21F3N2O4. The molecule has 1 unspecified atom stereocenters. The van der Waals surface area contributed by atoms with Crippen molar-refractivity contribution < 1.29 is 32.7 Å². The molecule has 0 aromatic heterocycles. The van der Waals surface area contributed by atoms with Crippen LogP contribution in [0.25, 0.3) is 0 Å². The third kappa shape index (κ3) is 4.18. The van der Waals surface area contributed by atoms with Crippen molar-refractivity contribution in [2.75, 3.05) is 13.1 Å². The summed E-state index contributed by atoms with van der Waals surface area (Å²) in [4.78, 5) is 36.2. The Morgan fingerprint density at radius 1 is 1.33 bits per heavy atom. The topological polar surface area (TPSA) is 86.7 Å². The SMILES string of the molecule is CC1CCC(NC(=O)C2CC(=O)N(CC(F)(F)F)C2)(C(=O)O)CC1. The number of hydrogen-bond acceptors (Lipinski definition) is 3. The summed E-state index contributed by atoms with van der Waals surface area (Å²) in [7, 11) is 0. The van der Waals surface area contributed by atoms with Crippen molar-refractivity contribution >= 4 is 17.8 Å². The highest BCUT2D eigenvalue weighted by molar-refractivity contribution is 5.92. The molecule has 0 aromatic rings. The lowest BCUT2D eigenvalue weighted by atomic mass is 9.77. The number of carboxylic acids is 1. The number of halogens is 3. The van der Waals surface area contributed by atoms with Gasteiger partial charge < -0.3 is 15.3 Å². The van der Waals surface area contributed by atoms with Gasteiger partial charge >= 0.3 is 12.1 Å². The number of hydrogen-bond donors (Lipinski definition) is 2. The molecule has 1 heterocycles. The predicted molar refractivity (Wildman–Crippen MR) is 76.9 cm³/mol. The molecule has 24 heavy (non-hydrogen) atoms. The molecule has 0 spiro atoms. The van der Waals surface area contributed by atoms with E-state index in [0.29, 0.717) is 23.7 Å². The first-order chi connectivity index (χ1) is 11.0. The molecule has 136 valence electrons. The van der Waals surface area contributed by atoms with Gasteiger partial charge in [-0.1, -0.05) is 6.92 Å². The number of nitrogens with zero attached hydrogens (tertiary/aromatic N) is 1. The van der Waals surface area contributed by atoms with Crippen molar-refractivity contribution in [3.63, 3.8) is 0 Å². The van der Waals surface area contributed by atoms with Crippen molar-refractivity contribution in [2.24, 2.45) is 11.8 Å². The summed E-state index contributed by atoms with van der Waals surface area (Å²) in [6.07, 6.45) is -2.99. The first-order valence-electron chi connectivity index (χ1n) is 7.92. The van der Waals surface area contributed by atoms with E-state index in [1.807, 2.05) is 6.92 Å². The molecule has 1 saturated heterocycles. The Morgan fingerprint density at radius 3 is 2.42 bits per heavy atom. The average molecular weight is 350 g/mol. The maximum atomic E-state index is 12.4. The molecule has 1 aliphatic heterocycles. The summed E-state index contributed by atoms with van der Waals surface area (Å²) in [5.74, 6) is -3.13. The number of rotatable bonds is 4. The maximum absolute atomic E-state index is 12.4. The second-order valence-electron chi connectivity index (χ2n) is 6.85. The van der Waals surface area contributed by atoms with Crippen LogP contribution in [0.1, 0.15) is 39.0 Å². The van der Waals surface area contributed by atoms with Crippen LogP contribution in [0, 0.1) is 11.8 Å². The Morgan fingerprint density at radius 2 is 1.92 bits per heavy atom. The molecule has 0 bridgehead atoms. The van der Waals surface area contributed by atoms with Crippen molar-refractivity contribution in [1.29, 1.82) is 0 Å². The highest BCUT2D eigenvalue weighted by atomic mass is 19.4. The summed E-state index contributed by atoms with van der Waals surface area (Å²) >= 11 is 0. The van der Waals surface area contributed by atoms with Crippen LogP contribution in [0.2, 0.25) is 0 Å². The molecule has 2 N–H and O–H groups in total. The van der Waals surface area contributed by atoms with Crippen molar-refractivity contribution in [3.8, 4) is 0 Å². The van der Waals surface area contributed by atoms with Gasteiger partial charge in [0.1, 0.15) is 12.1 Å². The van der Waals surface area contributed by atoms with Gasteiger partial charge in [0, 0.05) is 13.0 Å². The number of likely N-dealkylation sites (tertiary alicyclic amines) is 1. The fraction of sp³-hybridized carbons (Fsp3) is 0.800. The molecule has 0 radical (unpaired) electrons. The van der Waals surface area contributed by atoms with Crippen LogP contribution in [-0.4, -0.2) is 52.6 Å². The van der Waals surface area contributed by atoms with E-state index >= 15 is 0 Å². The molecule has 2 fully saturated rings. The minimum Gasteiger partial charge on any atom is -0.480 e. The lowest BCUT2D eigenvalue weighted by Crippen LogP contribution is -2.57. The minimum atomic E-state index is -4.52. The molecule has 2 aliphatic rings. The third-order valence-corrected chi connectivity index (χ3v) is 4.86. The monoisotopic (exact) mass is 350 g/mol. The first-order valence-corrected chi connectivity index (χ1v) is 7.92. The number of aliphatic carboxylic acids is 1. The van der Waals surface area contributed by atoms with E-state index < -0.39 is 42.0 Å². The maximum Gasteiger partial charge on any atom is 0.406 e. The summed E-state index contributed by atoms with van der Waals surface area (Å²) in [5.41, 5.74) is -1.38. The van der Waals surface area contributed by atoms with Crippen LogP contribution in [0.5, 0.6) is 0 Å². The summed E-state index contributed by atoms with van der Waals surface area (Å²) in [5, 5.41) is 12.0. The van der Waals surface area contributed by atoms with Gasteiger partial charge in [0.15, 0.2) is 0 Å². The lowest BCUT2D eigenvalue weighted by molar-refractivity contribution is -0.157. The molecule has 1 atom stereocenters. The van der Waals surface area contributed by atoms with E-state index in [-0.39, 0.29) is 25.8 Å². The fourth-order valence-corrected chi connectivity index (χ4v) is 3.30. The van der Waals surface area contributed by atoms with E-state index in [9.17, 15) is 32.7 Å². The van der Waals surface area contributed by atoms with Gasteiger partial charge in [-0.25, -0.2) is 4.79 Å². The van der Waals surface area contributed by atoms with E-state index in [2.05, 4.69) is 5.32 Å². The zero-order valence-electron chi connectivity index (χ0n) is 13.4. The van der Waals surface area contributed by atoms with Crippen molar-refractivity contribution in [3.05, 3.63) is 0 Å². The lowest BCUT2D eigenvalue weighted by Gasteiger charge is -2.37. The Hall–Kier alpha value is -1.80. The molecule has 6 nitrogen and oxygen atoms in total. The Balaban J connectivity index is 2.01. The zero-order valence-corrected chi connectivity index (χ0v) is 13.4. The van der Waals surface area contributed by atoms with Gasteiger partial charge in [0.05, 0.1) is 5.92 Å². The van der Waals surface area contributed by atoms with Gasteiger partial charge in [-0.15, -0.1) is 0 Å².